The van der Waals surface area contributed by atoms with E-state index in [4.69, 9.17) is 13.0 Å². The van der Waals surface area contributed by atoms with Crippen molar-refractivity contribution in [1.82, 2.24) is 5.32 Å². The average molecular weight is 135 g/mol. The van der Waals surface area contributed by atoms with Gasteiger partial charge in [-0.15, -0.1) is 0 Å². The van der Waals surface area contributed by atoms with Gasteiger partial charge in [-0.05, 0) is 13.8 Å². The van der Waals surface area contributed by atoms with E-state index in [9.17, 15) is 4.79 Å². The molecule has 0 saturated carbocycles. The van der Waals surface area contributed by atoms with E-state index in [1.54, 1.807) is 0 Å². The molecule has 54 valence electrons. The Morgan fingerprint density at radius 1 is 1.89 bits per heavy atom. The SMILES string of the molecule is [2H]C([2H])(O)C(C)(C)NC(=O)O. The Kier molecular flexibility index (Phi) is 1.50. The van der Waals surface area contributed by atoms with Crippen molar-refractivity contribution in [2.24, 2.45) is 0 Å². The molecule has 0 aliphatic heterocycles. The molecular weight excluding hydrogens is 122 g/mol. The predicted octanol–water partition coefficient (Wildman–Crippen LogP) is 0.0249. The summed E-state index contributed by atoms with van der Waals surface area (Å²) in [6.07, 6.45) is -1.37. The highest BCUT2D eigenvalue weighted by Crippen LogP contribution is 1.97. The zero-order valence-corrected chi connectivity index (χ0v) is 5.30. The lowest BCUT2D eigenvalue weighted by molar-refractivity contribution is 0.154. The molecule has 0 spiro atoms. The summed E-state index contributed by atoms with van der Waals surface area (Å²) in [5.74, 6) is 0. The van der Waals surface area contributed by atoms with Crippen LogP contribution in [0.1, 0.15) is 16.6 Å². The lowest BCUT2D eigenvalue weighted by Gasteiger charge is -2.20. The van der Waals surface area contributed by atoms with Gasteiger partial charge in [-0.1, -0.05) is 0 Å². The highest BCUT2D eigenvalue weighted by Gasteiger charge is 2.17. The maximum atomic E-state index is 10.1. The van der Waals surface area contributed by atoms with Gasteiger partial charge >= 0.3 is 6.09 Å². The number of rotatable bonds is 2. The molecule has 0 aliphatic rings. The Hall–Kier alpha value is -0.770. The normalized spacial score (nSPS) is 15.9. The third-order valence-corrected chi connectivity index (χ3v) is 0.699. The van der Waals surface area contributed by atoms with Crippen LogP contribution in [-0.2, 0) is 0 Å². The molecular formula is C5H11NO3. The van der Waals surface area contributed by atoms with E-state index in [2.05, 4.69) is 0 Å². The minimum absolute atomic E-state index is 1.25. The second kappa shape index (κ2) is 2.68. The molecule has 3 N–H and O–H groups in total. The maximum Gasteiger partial charge on any atom is 0.405 e. The van der Waals surface area contributed by atoms with E-state index in [0.717, 1.165) is 0 Å². The fourth-order valence-electron chi connectivity index (χ4n) is 0.295. The molecule has 0 bridgehead atoms. The molecule has 0 aromatic carbocycles. The average Bonchev–Trinajstić information content (AvgIpc) is 1.56. The summed E-state index contributed by atoms with van der Waals surface area (Å²) in [4.78, 5) is 10.1. The standard InChI is InChI=1S/C5H11NO3/c1-5(2,3-7)6-4(8)9/h6-7H,3H2,1-2H3,(H,8,9)/i3D2. The van der Waals surface area contributed by atoms with Crippen molar-refractivity contribution in [1.29, 1.82) is 0 Å². The summed E-state index contributed by atoms with van der Waals surface area (Å²) < 4.78 is 13.6. The van der Waals surface area contributed by atoms with Gasteiger partial charge in [-0.25, -0.2) is 4.79 Å². The molecule has 9 heavy (non-hydrogen) atoms. The molecule has 1 amide bonds. The van der Waals surface area contributed by atoms with Crippen LogP contribution >= 0.6 is 0 Å². The van der Waals surface area contributed by atoms with Crippen LogP contribution in [0.3, 0.4) is 0 Å². The molecule has 0 saturated heterocycles. The van der Waals surface area contributed by atoms with Crippen LogP contribution in [0.2, 0.25) is 0 Å². The fraction of sp³-hybridized carbons (Fsp3) is 0.800. The molecule has 0 fully saturated rings. The van der Waals surface area contributed by atoms with Crippen LogP contribution in [0.5, 0.6) is 0 Å². The summed E-state index contributed by atoms with van der Waals surface area (Å²) in [5.41, 5.74) is -1.50. The maximum absolute atomic E-state index is 10.1. The van der Waals surface area contributed by atoms with Gasteiger partial charge < -0.3 is 15.5 Å². The van der Waals surface area contributed by atoms with E-state index < -0.39 is 18.2 Å². The number of nitrogens with one attached hydrogen (secondary N) is 1. The number of hydrogen-bond donors (Lipinski definition) is 3. The van der Waals surface area contributed by atoms with Crippen molar-refractivity contribution in [3.05, 3.63) is 0 Å². The van der Waals surface area contributed by atoms with Crippen LogP contribution in [0.4, 0.5) is 4.79 Å². The minimum Gasteiger partial charge on any atom is -0.465 e. The van der Waals surface area contributed by atoms with E-state index in [0.29, 0.717) is 0 Å². The Bertz CT molecular complexity index is 164. The molecule has 0 aromatic rings. The molecule has 4 nitrogen and oxygen atoms in total. The summed E-state index contributed by atoms with van der Waals surface area (Å²) in [5, 5.41) is 18.9. The highest BCUT2D eigenvalue weighted by atomic mass is 16.4. The van der Waals surface area contributed by atoms with Crippen molar-refractivity contribution in [2.75, 3.05) is 6.56 Å². The second-order valence-corrected chi connectivity index (χ2v) is 2.17. The monoisotopic (exact) mass is 135 g/mol. The summed E-state index contributed by atoms with van der Waals surface area (Å²) in [6, 6.07) is 0. The van der Waals surface area contributed by atoms with Crippen molar-refractivity contribution in [2.45, 2.75) is 19.4 Å². The summed E-state index contributed by atoms with van der Waals surface area (Å²) in [6.45, 7) is -0.0619. The van der Waals surface area contributed by atoms with Gasteiger partial charge in [-0.3, -0.25) is 0 Å². The van der Waals surface area contributed by atoms with Crippen LogP contribution < -0.4 is 5.32 Å². The van der Waals surface area contributed by atoms with Gasteiger partial charge in [0.15, 0.2) is 0 Å². The van der Waals surface area contributed by atoms with E-state index in [-0.39, 0.29) is 0 Å². The predicted molar refractivity (Wildman–Crippen MR) is 32.3 cm³/mol. The Morgan fingerprint density at radius 2 is 2.33 bits per heavy atom. The fourth-order valence-corrected chi connectivity index (χ4v) is 0.295. The zero-order valence-electron chi connectivity index (χ0n) is 7.30. The largest absolute Gasteiger partial charge is 0.465 e. The lowest BCUT2D eigenvalue weighted by atomic mass is 10.1. The molecule has 0 aliphatic carbocycles. The first-order valence-corrected chi connectivity index (χ1v) is 2.40. The van der Waals surface area contributed by atoms with Gasteiger partial charge in [0.25, 0.3) is 0 Å². The second-order valence-electron chi connectivity index (χ2n) is 2.17. The quantitative estimate of drug-likeness (QED) is 0.500. The number of carboxylic acid groups (broad SMARTS) is 1. The highest BCUT2D eigenvalue weighted by molar-refractivity contribution is 5.65. The molecule has 0 aromatic heterocycles. The van der Waals surface area contributed by atoms with Crippen LogP contribution in [0.25, 0.3) is 0 Å². The first kappa shape index (κ1) is 5.05. The lowest BCUT2D eigenvalue weighted by Crippen LogP contribution is -2.45. The van der Waals surface area contributed by atoms with Gasteiger partial charge in [0.2, 0.25) is 0 Å². The van der Waals surface area contributed by atoms with Crippen LogP contribution in [-0.4, -0.2) is 28.4 Å². The topological polar surface area (TPSA) is 69.6 Å². The van der Waals surface area contributed by atoms with Crippen molar-refractivity contribution < 1.29 is 17.7 Å². The van der Waals surface area contributed by atoms with Crippen LogP contribution in [0, 0.1) is 0 Å². The Morgan fingerprint density at radius 3 is 2.44 bits per heavy atom. The first-order chi connectivity index (χ1) is 4.67. The van der Waals surface area contributed by atoms with E-state index in [1.807, 2.05) is 5.32 Å². The number of aliphatic hydroxyl groups is 1. The van der Waals surface area contributed by atoms with Crippen molar-refractivity contribution >= 4 is 6.09 Å². The number of carbonyl (C=O) groups is 1. The molecule has 4 heteroatoms. The van der Waals surface area contributed by atoms with Crippen molar-refractivity contribution in [3.8, 4) is 0 Å². The summed E-state index contributed by atoms with van der Waals surface area (Å²) >= 11 is 0. The van der Waals surface area contributed by atoms with Gasteiger partial charge in [0, 0.05) is 0 Å². The molecule has 0 rings (SSSR count). The molecule has 0 unspecified atom stereocenters. The molecule has 0 heterocycles. The minimum atomic E-state index is -2.56. The van der Waals surface area contributed by atoms with Crippen molar-refractivity contribution in [3.63, 3.8) is 0 Å². The van der Waals surface area contributed by atoms with Crippen LogP contribution in [0.15, 0.2) is 0 Å². The van der Waals surface area contributed by atoms with Gasteiger partial charge in [-0.2, -0.15) is 0 Å². The molecule has 0 atom stereocenters. The van der Waals surface area contributed by atoms with E-state index >= 15 is 0 Å². The first-order valence-electron chi connectivity index (χ1n) is 3.40. The van der Waals surface area contributed by atoms with E-state index in [1.165, 1.54) is 13.8 Å². The molecule has 0 radical (unpaired) electrons. The smallest absolute Gasteiger partial charge is 0.405 e. The third-order valence-electron chi connectivity index (χ3n) is 0.699. The number of hydrogen-bond acceptors (Lipinski definition) is 2. The third kappa shape index (κ3) is 3.78. The Balaban J connectivity index is 4.34. The number of amides is 1. The summed E-state index contributed by atoms with van der Waals surface area (Å²) in [7, 11) is 0. The Labute approximate surface area is 56.3 Å². The van der Waals surface area contributed by atoms with Gasteiger partial charge in [0.1, 0.15) is 0 Å². The zero-order chi connectivity index (χ0) is 9.28. The van der Waals surface area contributed by atoms with Gasteiger partial charge in [0.05, 0.1) is 14.8 Å².